The van der Waals surface area contributed by atoms with Crippen LogP contribution in [0.2, 0.25) is 0 Å². The average Bonchev–Trinajstić information content (AvgIpc) is 2.77. The molecule has 0 fully saturated rings. The summed E-state index contributed by atoms with van der Waals surface area (Å²) in [5, 5.41) is 4.79. The van der Waals surface area contributed by atoms with Crippen molar-refractivity contribution < 1.29 is 18.9 Å². The summed E-state index contributed by atoms with van der Waals surface area (Å²) in [7, 11) is 4.85. The van der Waals surface area contributed by atoms with Crippen molar-refractivity contribution in [2.45, 2.75) is 0 Å². The van der Waals surface area contributed by atoms with E-state index in [2.05, 4.69) is 10.3 Å². The Morgan fingerprint density at radius 3 is 2.28 bits per heavy atom. The van der Waals surface area contributed by atoms with E-state index in [0.717, 1.165) is 22.4 Å². The van der Waals surface area contributed by atoms with Crippen LogP contribution in [0.25, 0.3) is 22.0 Å². The molecule has 0 radical (unpaired) electrons. The summed E-state index contributed by atoms with van der Waals surface area (Å²) in [6.45, 7) is 2.19. The smallest absolute Gasteiger partial charge is 0.256 e. The lowest BCUT2D eigenvalue weighted by Gasteiger charge is -2.16. The molecule has 154 valence electrons. The van der Waals surface area contributed by atoms with Gasteiger partial charge in [0.2, 0.25) is 0 Å². The van der Waals surface area contributed by atoms with E-state index in [1.54, 1.807) is 27.4 Å². The first-order valence-electron chi connectivity index (χ1n) is 9.37. The maximum atomic E-state index is 12.8. The Balaban J connectivity index is 1.99. The molecule has 0 saturated carbocycles. The van der Waals surface area contributed by atoms with Gasteiger partial charge in [-0.05, 0) is 42.5 Å². The fraction of sp³-hybridized carbons (Fsp3) is 0.318. The van der Waals surface area contributed by atoms with Gasteiger partial charge in [0.15, 0.2) is 0 Å². The van der Waals surface area contributed by atoms with Crippen molar-refractivity contribution in [1.29, 1.82) is 0 Å². The molecule has 0 saturated heterocycles. The van der Waals surface area contributed by atoms with Crippen LogP contribution in [0.5, 0.6) is 11.5 Å². The lowest BCUT2D eigenvalue weighted by molar-refractivity contribution is 0.0759. The second-order valence-corrected chi connectivity index (χ2v) is 6.38. The molecule has 0 aliphatic heterocycles. The summed E-state index contributed by atoms with van der Waals surface area (Å²) in [5.74, 6) is 1.39. The number of pyridine rings is 1. The number of ether oxygens (including phenoxy) is 4. The topological polar surface area (TPSA) is 81.8 Å². The standard InChI is InChI=1S/C22H26N2O5/c1-26-12-13-29-11-10-23-21-18-9-8-17(28-3)14-19(18)22(25)24-20(21)15-4-6-16(27-2)7-5-15/h4-9,14,23H,10-13H2,1-3H3,(H,24,25). The van der Waals surface area contributed by atoms with E-state index in [4.69, 9.17) is 18.9 Å². The Hall–Kier alpha value is -3.03. The van der Waals surface area contributed by atoms with E-state index >= 15 is 0 Å². The summed E-state index contributed by atoms with van der Waals surface area (Å²) in [4.78, 5) is 15.8. The highest BCUT2D eigenvalue weighted by atomic mass is 16.5. The van der Waals surface area contributed by atoms with Crippen molar-refractivity contribution in [2.24, 2.45) is 0 Å². The third kappa shape index (κ3) is 4.88. The van der Waals surface area contributed by atoms with E-state index in [0.29, 0.717) is 43.2 Å². The number of fused-ring (bicyclic) bond motifs is 1. The molecule has 3 rings (SSSR count). The third-order valence-corrected chi connectivity index (χ3v) is 4.59. The Morgan fingerprint density at radius 2 is 1.59 bits per heavy atom. The van der Waals surface area contributed by atoms with Gasteiger partial charge < -0.3 is 29.2 Å². The van der Waals surface area contributed by atoms with Crippen LogP contribution in [0.4, 0.5) is 5.69 Å². The number of hydrogen-bond donors (Lipinski definition) is 2. The van der Waals surface area contributed by atoms with Gasteiger partial charge in [0.25, 0.3) is 5.56 Å². The van der Waals surface area contributed by atoms with Crippen molar-refractivity contribution in [3.8, 4) is 22.8 Å². The van der Waals surface area contributed by atoms with Crippen LogP contribution in [0.3, 0.4) is 0 Å². The highest BCUT2D eigenvalue weighted by Gasteiger charge is 2.14. The molecule has 0 unspecified atom stereocenters. The molecule has 0 aliphatic rings. The van der Waals surface area contributed by atoms with Gasteiger partial charge >= 0.3 is 0 Å². The van der Waals surface area contributed by atoms with Crippen LogP contribution in [0.1, 0.15) is 0 Å². The molecule has 0 spiro atoms. The monoisotopic (exact) mass is 398 g/mol. The number of anilines is 1. The highest BCUT2D eigenvalue weighted by Crippen LogP contribution is 2.33. The first-order valence-corrected chi connectivity index (χ1v) is 9.37. The summed E-state index contributed by atoms with van der Waals surface area (Å²) < 4.78 is 21.0. The molecule has 0 amide bonds. The van der Waals surface area contributed by atoms with Gasteiger partial charge in [-0.3, -0.25) is 4.79 Å². The fourth-order valence-corrected chi connectivity index (χ4v) is 3.08. The predicted molar refractivity (Wildman–Crippen MR) is 114 cm³/mol. The minimum absolute atomic E-state index is 0.174. The summed E-state index contributed by atoms with van der Waals surface area (Å²) in [6, 6.07) is 13.0. The van der Waals surface area contributed by atoms with Crippen molar-refractivity contribution in [3.63, 3.8) is 0 Å². The maximum absolute atomic E-state index is 12.8. The van der Waals surface area contributed by atoms with Gasteiger partial charge in [0.05, 0.1) is 50.8 Å². The largest absolute Gasteiger partial charge is 0.497 e. The van der Waals surface area contributed by atoms with Crippen LogP contribution in [-0.2, 0) is 9.47 Å². The van der Waals surface area contributed by atoms with Crippen molar-refractivity contribution in [2.75, 3.05) is 53.0 Å². The van der Waals surface area contributed by atoms with E-state index in [1.165, 1.54) is 0 Å². The van der Waals surface area contributed by atoms with Crippen molar-refractivity contribution in [3.05, 3.63) is 52.8 Å². The molecule has 0 atom stereocenters. The first-order chi connectivity index (χ1) is 14.2. The molecule has 2 aromatic carbocycles. The fourth-order valence-electron chi connectivity index (χ4n) is 3.08. The lowest BCUT2D eigenvalue weighted by Crippen LogP contribution is -2.16. The number of benzene rings is 2. The maximum Gasteiger partial charge on any atom is 0.256 e. The molecule has 0 aliphatic carbocycles. The molecule has 2 N–H and O–H groups in total. The quantitative estimate of drug-likeness (QED) is 0.510. The molecule has 1 aromatic heterocycles. The van der Waals surface area contributed by atoms with Crippen LogP contribution >= 0.6 is 0 Å². The molecule has 7 heteroatoms. The number of hydrogen-bond acceptors (Lipinski definition) is 6. The Morgan fingerprint density at radius 1 is 0.862 bits per heavy atom. The highest BCUT2D eigenvalue weighted by molar-refractivity contribution is 6.00. The minimum Gasteiger partial charge on any atom is -0.497 e. The second kappa shape index (κ2) is 9.95. The summed E-state index contributed by atoms with van der Waals surface area (Å²) in [6.07, 6.45) is 0. The van der Waals surface area contributed by atoms with Crippen LogP contribution in [0.15, 0.2) is 47.3 Å². The van der Waals surface area contributed by atoms with Crippen LogP contribution < -0.4 is 20.3 Å². The minimum atomic E-state index is -0.174. The van der Waals surface area contributed by atoms with Gasteiger partial charge in [-0.2, -0.15) is 0 Å². The zero-order chi connectivity index (χ0) is 20.6. The molecular formula is C22H26N2O5. The lowest BCUT2D eigenvalue weighted by atomic mass is 10.0. The van der Waals surface area contributed by atoms with E-state index in [9.17, 15) is 4.79 Å². The van der Waals surface area contributed by atoms with Crippen LogP contribution in [0, 0.1) is 0 Å². The Labute approximate surface area is 169 Å². The zero-order valence-electron chi connectivity index (χ0n) is 16.9. The zero-order valence-corrected chi connectivity index (χ0v) is 16.9. The van der Waals surface area contributed by atoms with E-state index in [-0.39, 0.29) is 5.56 Å². The Bertz CT molecular complexity index is 998. The van der Waals surface area contributed by atoms with E-state index in [1.807, 2.05) is 36.4 Å². The van der Waals surface area contributed by atoms with Crippen molar-refractivity contribution in [1.82, 2.24) is 4.98 Å². The summed E-state index contributed by atoms with van der Waals surface area (Å²) in [5.41, 5.74) is 2.25. The molecule has 29 heavy (non-hydrogen) atoms. The van der Waals surface area contributed by atoms with Gasteiger partial charge in [0.1, 0.15) is 11.5 Å². The first kappa shape index (κ1) is 20.7. The SMILES string of the molecule is COCCOCCNc1c(-c2ccc(OC)cc2)[nH]c(=O)c2cc(OC)ccc12. The number of rotatable bonds is 10. The number of aromatic nitrogens is 1. The average molecular weight is 398 g/mol. The van der Waals surface area contributed by atoms with Crippen molar-refractivity contribution >= 4 is 16.5 Å². The molecule has 3 aromatic rings. The number of aromatic amines is 1. The van der Waals surface area contributed by atoms with Crippen LogP contribution in [-0.4, -0.2) is 52.7 Å². The number of nitrogens with one attached hydrogen (secondary N) is 2. The van der Waals surface area contributed by atoms with Gasteiger partial charge in [-0.1, -0.05) is 0 Å². The van der Waals surface area contributed by atoms with Gasteiger partial charge in [-0.25, -0.2) is 0 Å². The van der Waals surface area contributed by atoms with Gasteiger partial charge in [-0.15, -0.1) is 0 Å². The molecule has 7 nitrogen and oxygen atoms in total. The predicted octanol–water partition coefficient (Wildman–Crippen LogP) is 3.29. The number of H-pyrrole nitrogens is 1. The second-order valence-electron chi connectivity index (χ2n) is 6.38. The molecule has 1 heterocycles. The number of methoxy groups -OCH3 is 3. The Kier molecular flexibility index (Phi) is 7.10. The molecule has 0 bridgehead atoms. The third-order valence-electron chi connectivity index (χ3n) is 4.59. The van der Waals surface area contributed by atoms with Gasteiger partial charge in [0, 0.05) is 24.6 Å². The van der Waals surface area contributed by atoms with E-state index < -0.39 is 0 Å². The summed E-state index contributed by atoms with van der Waals surface area (Å²) >= 11 is 0. The normalized spacial score (nSPS) is 10.9. The molecular weight excluding hydrogens is 372 g/mol.